The normalized spacial score (nSPS) is 21.8. The van der Waals surface area contributed by atoms with E-state index in [1.165, 1.54) is 19.5 Å². The summed E-state index contributed by atoms with van der Waals surface area (Å²) in [5, 5.41) is 0. The first-order valence-corrected chi connectivity index (χ1v) is 5.39. The molecule has 1 rings (SSSR count). The molecule has 0 aromatic carbocycles. The van der Waals surface area contributed by atoms with Crippen molar-refractivity contribution in [1.82, 2.24) is 4.90 Å². The van der Waals surface area contributed by atoms with Crippen molar-refractivity contribution in [2.75, 3.05) is 26.7 Å². The number of carbonyl (C=O) groups excluding carboxylic acids is 1. The summed E-state index contributed by atoms with van der Waals surface area (Å²) in [4.78, 5) is 11.9. The van der Waals surface area contributed by atoms with E-state index in [2.05, 4.69) is 16.7 Å². The Bertz CT molecular complexity index is 178. The molecule has 0 spiro atoms. The summed E-state index contributed by atoms with van der Waals surface area (Å²) in [6, 6.07) is 0. The van der Waals surface area contributed by atoms with Gasteiger partial charge in [0.1, 0.15) is 5.60 Å². The van der Waals surface area contributed by atoms with Crippen LogP contribution >= 0.6 is 0 Å². The van der Waals surface area contributed by atoms with Crippen molar-refractivity contribution >= 4 is 6.47 Å². The highest BCUT2D eigenvalue weighted by Crippen LogP contribution is 2.11. The monoisotopic (exact) mass is 216 g/mol. The van der Waals surface area contributed by atoms with Gasteiger partial charge in [-0.15, -0.1) is 0 Å². The summed E-state index contributed by atoms with van der Waals surface area (Å²) < 4.78 is 4.55. The summed E-state index contributed by atoms with van der Waals surface area (Å²) in [7, 11) is 2.15. The SMILES string of the molecule is CC(C)(C)OC=O.CN1CCC(CN)C1. The first-order valence-electron chi connectivity index (χ1n) is 5.39. The van der Waals surface area contributed by atoms with E-state index >= 15 is 0 Å². The van der Waals surface area contributed by atoms with Crippen LogP contribution in [0.3, 0.4) is 0 Å². The van der Waals surface area contributed by atoms with Crippen LogP contribution in [0.25, 0.3) is 0 Å². The highest BCUT2D eigenvalue weighted by molar-refractivity contribution is 5.37. The summed E-state index contributed by atoms with van der Waals surface area (Å²) in [5.74, 6) is 0.778. The lowest BCUT2D eigenvalue weighted by atomic mass is 10.1. The summed E-state index contributed by atoms with van der Waals surface area (Å²) in [6.45, 7) is 9.23. The van der Waals surface area contributed by atoms with Crippen molar-refractivity contribution in [3.63, 3.8) is 0 Å². The Balaban J connectivity index is 0.000000265. The molecule has 4 heteroatoms. The highest BCUT2D eigenvalue weighted by Gasteiger charge is 2.16. The van der Waals surface area contributed by atoms with Crippen LogP contribution in [0.5, 0.6) is 0 Å². The minimum absolute atomic E-state index is 0.318. The zero-order valence-electron chi connectivity index (χ0n) is 10.3. The summed E-state index contributed by atoms with van der Waals surface area (Å²) in [6.07, 6.45) is 1.30. The Kier molecular flexibility index (Phi) is 6.52. The maximum Gasteiger partial charge on any atom is 0.293 e. The molecule has 0 bridgehead atoms. The maximum atomic E-state index is 9.60. The number of nitrogens with zero attached hydrogens (tertiary/aromatic N) is 1. The van der Waals surface area contributed by atoms with E-state index in [-0.39, 0.29) is 5.60 Å². The standard InChI is InChI=1S/C6H14N2.C5H10O2/c1-8-3-2-6(4-7)5-8;1-5(2,3)7-4-6/h6H,2-5,7H2,1H3;4H,1-3H3. The Labute approximate surface area is 92.8 Å². The van der Waals surface area contributed by atoms with Crippen molar-refractivity contribution in [1.29, 1.82) is 0 Å². The van der Waals surface area contributed by atoms with Crippen molar-refractivity contribution in [2.24, 2.45) is 11.7 Å². The minimum atomic E-state index is -0.318. The molecule has 1 fully saturated rings. The van der Waals surface area contributed by atoms with Crippen LogP contribution in [0.15, 0.2) is 0 Å². The molecule has 4 nitrogen and oxygen atoms in total. The Hall–Kier alpha value is -0.610. The van der Waals surface area contributed by atoms with Crippen LogP contribution in [0.4, 0.5) is 0 Å². The average molecular weight is 216 g/mol. The van der Waals surface area contributed by atoms with E-state index in [0.717, 1.165) is 12.5 Å². The fourth-order valence-electron chi connectivity index (χ4n) is 1.36. The number of nitrogens with two attached hydrogens (primary N) is 1. The number of likely N-dealkylation sites (tertiary alicyclic amines) is 1. The predicted molar refractivity (Wildman–Crippen MR) is 61.6 cm³/mol. The average Bonchev–Trinajstić information content (AvgIpc) is 2.50. The fourth-order valence-corrected chi connectivity index (χ4v) is 1.36. The van der Waals surface area contributed by atoms with Gasteiger partial charge in [0.25, 0.3) is 6.47 Å². The first-order chi connectivity index (χ1) is 6.89. The molecular formula is C11H24N2O2. The third-order valence-corrected chi connectivity index (χ3v) is 2.22. The maximum absolute atomic E-state index is 9.60. The van der Waals surface area contributed by atoms with Crippen LogP contribution in [0.1, 0.15) is 27.2 Å². The summed E-state index contributed by atoms with van der Waals surface area (Å²) >= 11 is 0. The molecular weight excluding hydrogens is 192 g/mol. The zero-order chi connectivity index (χ0) is 11.9. The smallest absolute Gasteiger partial charge is 0.293 e. The van der Waals surface area contributed by atoms with Crippen molar-refractivity contribution in [3.8, 4) is 0 Å². The second kappa shape index (κ2) is 6.80. The number of hydrogen-bond donors (Lipinski definition) is 1. The van der Waals surface area contributed by atoms with E-state index in [4.69, 9.17) is 5.73 Å². The third-order valence-electron chi connectivity index (χ3n) is 2.22. The quantitative estimate of drug-likeness (QED) is 0.695. The number of ether oxygens (including phenoxy) is 1. The van der Waals surface area contributed by atoms with Crippen molar-refractivity contribution in [2.45, 2.75) is 32.8 Å². The largest absolute Gasteiger partial charge is 0.462 e. The Morgan fingerprint density at radius 1 is 1.53 bits per heavy atom. The van der Waals surface area contributed by atoms with Crippen LogP contribution < -0.4 is 5.73 Å². The van der Waals surface area contributed by atoms with Gasteiger partial charge in [-0.05, 0) is 53.2 Å². The molecule has 1 aliphatic rings. The van der Waals surface area contributed by atoms with Crippen molar-refractivity contribution in [3.05, 3.63) is 0 Å². The van der Waals surface area contributed by atoms with Crippen LogP contribution in [0, 0.1) is 5.92 Å². The molecule has 1 aliphatic heterocycles. The second-order valence-electron chi connectivity index (χ2n) is 4.98. The van der Waals surface area contributed by atoms with Gasteiger partial charge in [-0.25, -0.2) is 0 Å². The Morgan fingerprint density at radius 3 is 2.27 bits per heavy atom. The van der Waals surface area contributed by atoms with Gasteiger partial charge in [-0.1, -0.05) is 0 Å². The molecule has 0 aromatic rings. The minimum Gasteiger partial charge on any atom is -0.462 e. The lowest BCUT2D eigenvalue weighted by Gasteiger charge is -2.14. The summed E-state index contributed by atoms with van der Waals surface area (Å²) in [5.41, 5.74) is 5.15. The van der Waals surface area contributed by atoms with E-state index in [0.29, 0.717) is 6.47 Å². The van der Waals surface area contributed by atoms with Crippen LogP contribution in [0.2, 0.25) is 0 Å². The van der Waals surface area contributed by atoms with Gasteiger partial charge < -0.3 is 15.4 Å². The van der Waals surface area contributed by atoms with Crippen molar-refractivity contribution < 1.29 is 9.53 Å². The van der Waals surface area contributed by atoms with Gasteiger partial charge in [-0.2, -0.15) is 0 Å². The molecule has 0 saturated carbocycles. The molecule has 90 valence electrons. The molecule has 1 saturated heterocycles. The van der Waals surface area contributed by atoms with Gasteiger partial charge in [0.05, 0.1) is 0 Å². The Morgan fingerprint density at radius 2 is 2.13 bits per heavy atom. The second-order valence-corrected chi connectivity index (χ2v) is 4.98. The third kappa shape index (κ3) is 8.39. The molecule has 0 amide bonds. The number of carbonyl (C=O) groups is 1. The molecule has 0 aliphatic carbocycles. The predicted octanol–water partition coefficient (Wildman–Crippen LogP) is 0.855. The van der Waals surface area contributed by atoms with E-state index in [1.54, 1.807) is 0 Å². The molecule has 1 unspecified atom stereocenters. The fraction of sp³-hybridized carbons (Fsp3) is 0.909. The lowest BCUT2D eigenvalue weighted by Crippen LogP contribution is -2.18. The van der Waals surface area contributed by atoms with Crippen LogP contribution in [-0.2, 0) is 9.53 Å². The first kappa shape index (κ1) is 14.4. The topological polar surface area (TPSA) is 55.6 Å². The molecule has 15 heavy (non-hydrogen) atoms. The van der Waals surface area contributed by atoms with E-state index in [1.807, 2.05) is 20.8 Å². The molecule has 0 aromatic heterocycles. The van der Waals surface area contributed by atoms with E-state index in [9.17, 15) is 4.79 Å². The molecule has 2 N–H and O–H groups in total. The molecule has 0 radical (unpaired) electrons. The lowest BCUT2D eigenvalue weighted by molar-refractivity contribution is -0.138. The number of hydrogen-bond acceptors (Lipinski definition) is 4. The number of rotatable bonds is 2. The van der Waals surface area contributed by atoms with Gasteiger partial charge >= 0.3 is 0 Å². The van der Waals surface area contributed by atoms with E-state index < -0.39 is 0 Å². The zero-order valence-corrected chi connectivity index (χ0v) is 10.3. The van der Waals surface area contributed by atoms with Gasteiger partial charge in [0.15, 0.2) is 0 Å². The van der Waals surface area contributed by atoms with Gasteiger partial charge in [0.2, 0.25) is 0 Å². The molecule has 1 heterocycles. The van der Waals surface area contributed by atoms with Gasteiger partial charge in [-0.3, -0.25) is 4.79 Å². The van der Waals surface area contributed by atoms with Crippen LogP contribution in [-0.4, -0.2) is 43.7 Å². The molecule has 1 atom stereocenters. The highest BCUT2D eigenvalue weighted by atomic mass is 16.5. The van der Waals surface area contributed by atoms with Gasteiger partial charge in [0, 0.05) is 6.54 Å².